The Hall–Kier alpha value is -2.94. The summed E-state index contributed by atoms with van der Waals surface area (Å²) in [7, 11) is 0. The third-order valence-electron chi connectivity index (χ3n) is 6.37. The lowest BCUT2D eigenvalue weighted by atomic mass is 9.88. The normalized spacial score (nSPS) is 18.6. The smallest absolute Gasteiger partial charge is 0.0616 e. The van der Waals surface area contributed by atoms with Crippen molar-refractivity contribution < 1.29 is 4.74 Å². The van der Waals surface area contributed by atoms with E-state index in [1.54, 1.807) is 0 Å². The lowest BCUT2D eigenvalue weighted by Crippen LogP contribution is -2.38. The van der Waals surface area contributed by atoms with Gasteiger partial charge in [-0.3, -0.25) is 4.90 Å². The van der Waals surface area contributed by atoms with Crippen molar-refractivity contribution in [2.75, 3.05) is 26.3 Å². The predicted molar refractivity (Wildman–Crippen MR) is 119 cm³/mol. The molecule has 1 saturated heterocycles. The summed E-state index contributed by atoms with van der Waals surface area (Å²) in [5, 5.41) is 2.64. The van der Waals surface area contributed by atoms with Crippen LogP contribution in [0.3, 0.4) is 0 Å². The highest BCUT2D eigenvalue weighted by molar-refractivity contribution is 6.07. The van der Waals surface area contributed by atoms with Gasteiger partial charge in [-0.05, 0) is 50.2 Å². The zero-order chi connectivity index (χ0) is 19.2. The van der Waals surface area contributed by atoms with Crippen molar-refractivity contribution >= 4 is 10.8 Å². The monoisotopic (exact) mass is 377 g/mol. The van der Waals surface area contributed by atoms with Gasteiger partial charge in [0.05, 0.1) is 19.3 Å². The molecule has 0 aromatic heterocycles. The molecule has 1 aliphatic heterocycles. The number of hydrogen-bond acceptors (Lipinski definition) is 2. The zero-order valence-electron chi connectivity index (χ0n) is 16.3. The van der Waals surface area contributed by atoms with E-state index in [1.165, 1.54) is 44.2 Å². The highest BCUT2D eigenvalue weighted by Crippen LogP contribution is 2.52. The van der Waals surface area contributed by atoms with Crippen LogP contribution in [0.1, 0.15) is 17.2 Å². The van der Waals surface area contributed by atoms with Crippen LogP contribution in [0.25, 0.3) is 33.0 Å². The summed E-state index contributed by atoms with van der Waals surface area (Å²) in [5.74, 6) is 0. The minimum Gasteiger partial charge on any atom is -0.379 e. The van der Waals surface area contributed by atoms with E-state index in [0.717, 1.165) is 26.3 Å². The molecule has 1 fully saturated rings. The van der Waals surface area contributed by atoms with Gasteiger partial charge in [0.2, 0.25) is 0 Å². The summed E-state index contributed by atoms with van der Waals surface area (Å²) in [4.78, 5) is 2.59. The van der Waals surface area contributed by atoms with Crippen LogP contribution < -0.4 is 0 Å². The molecule has 0 saturated carbocycles. The second-order valence-electron chi connectivity index (χ2n) is 7.94. The first-order chi connectivity index (χ1) is 14.4. The molecule has 2 heteroatoms. The fraction of sp³-hybridized carbons (Fsp3) is 0.185. The van der Waals surface area contributed by atoms with E-state index in [9.17, 15) is 0 Å². The third-order valence-corrected chi connectivity index (χ3v) is 6.37. The minimum atomic E-state index is 0.303. The number of benzene rings is 4. The van der Waals surface area contributed by atoms with Crippen LogP contribution in [-0.2, 0) is 4.74 Å². The maximum Gasteiger partial charge on any atom is 0.0616 e. The van der Waals surface area contributed by atoms with Crippen molar-refractivity contribution in [3.8, 4) is 22.3 Å². The highest BCUT2D eigenvalue weighted by Gasteiger charge is 2.35. The van der Waals surface area contributed by atoms with Crippen molar-refractivity contribution in [2.45, 2.75) is 6.04 Å². The van der Waals surface area contributed by atoms with E-state index in [0.29, 0.717) is 6.04 Å². The van der Waals surface area contributed by atoms with E-state index in [2.05, 4.69) is 89.8 Å². The molecule has 0 radical (unpaired) electrons. The molecule has 0 unspecified atom stereocenters. The maximum atomic E-state index is 5.66. The molecule has 4 aromatic rings. The summed E-state index contributed by atoms with van der Waals surface area (Å²) < 4.78 is 5.66. The van der Waals surface area contributed by atoms with Crippen LogP contribution in [0.15, 0.2) is 84.9 Å². The summed E-state index contributed by atoms with van der Waals surface area (Å²) in [6.07, 6.45) is 0. The lowest BCUT2D eigenvalue weighted by molar-refractivity contribution is 0.0247. The van der Waals surface area contributed by atoms with Crippen LogP contribution in [-0.4, -0.2) is 31.2 Å². The fourth-order valence-electron chi connectivity index (χ4n) is 5.14. The number of fused-ring (bicyclic) bond motifs is 4. The van der Waals surface area contributed by atoms with Gasteiger partial charge in [0.15, 0.2) is 0 Å². The van der Waals surface area contributed by atoms with Crippen molar-refractivity contribution in [3.05, 3.63) is 96.1 Å². The summed E-state index contributed by atoms with van der Waals surface area (Å²) in [6, 6.07) is 31.4. The Labute approximate surface area is 171 Å². The predicted octanol–water partition coefficient (Wildman–Crippen LogP) is 5.91. The van der Waals surface area contributed by atoms with E-state index in [4.69, 9.17) is 4.74 Å². The maximum absolute atomic E-state index is 5.66. The number of rotatable bonds is 2. The topological polar surface area (TPSA) is 12.5 Å². The molecule has 142 valence electrons. The Kier molecular flexibility index (Phi) is 4.00. The van der Waals surface area contributed by atoms with E-state index < -0.39 is 0 Å². The average molecular weight is 377 g/mol. The molecule has 29 heavy (non-hydrogen) atoms. The van der Waals surface area contributed by atoms with E-state index in [-0.39, 0.29) is 0 Å². The summed E-state index contributed by atoms with van der Waals surface area (Å²) in [6.45, 7) is 3.58. The van der Waals surface area contributed by atoms with Gasteiger partial charge < -0.3 is 4.74 Å². The van der Waals surface area contributed by atoms with Gasteiger partial charge in [-0.15, -0.1) is 0 Å². The molecule has 2 aliphatic rings. The Balaban J connectivity index is 1.70. The zero-order valence-corrected chi connectivity index (χ0v) is 16.3. The van der Waals surface area contributed by atoms with Crippen LogP contribution in [0, 0.1) is 0 Å². The number of morpholine rings is 1. The molecule has 1 heterocycles. The van der Waals surface area contributed by atoms with E-state index in [1.807, 2.05) is 0 Å². The molecule has 2 nitrogen and oxygen atoms in total. The first kappa shape index (κ1) is 17.0. The molecule has 0 bridgehead atoms. The van der Waals surface area contributed by atoms with Gasteiger partial charge in [0.1, 0.15) is 0 Å². The third kappa shape index (κ3) is 2.64. The van der Waals surface area contributed by atoms with Crippen LogP contribution in [0.4, 0.5) is 0 Å². The Bertz CT molecular complexity index is 1190. The molecule has 6 rings (SSSR count). The molecule has 0 N–H and O–H groups in total. The SMILES string of the molecule is c1ccc(-c2c3c(cc4ccccc24)[C@@H](N2CCOCC2)c2ccccc2-3)cc1. The van der Waals surface area contributed by atoms with Gasteiger partial charge in [-0.25, -0.2) is 0 Å². The molecular formula is C27H23NO. The molecule has 1 atom stereocenters. The fourth-order valence-corrected chi connectivity index (χ4v) is 5.14. The standard InChI is InChI=1S/C27H23NO/c1-2-8-19(9-3-1)25-21-11-5-4-10-20(21)18-24-26(25)22-12-6-7-13-23(22)27(24)28-14-16-29-17-15-28/h1-13,18,27H,14-17H2/t27-/m0/s1. The van der Waals surface area contributed by atoms with Gasteiger partial charge in [0.25, 0.3) is 0 Å². The molecule has 0 spiro atoms. The van der Waals surface area contributed by atoms with Gasteiger partial charge in [-0.1, -0.05) is 78.9 Å². The quantitative estimate of drug-likeness (QED) is 0.431. The second kappa shape index (κ2) is 6.84. The van der Waals surface area contributed by atoms with E-state index >= 15 is 0 Å². The first-order valence-corrected chi connectivity index (χ1v) is 10.4. The highest BCUT2D eigenvalue weighted by atomic mass is 16.5. The van der Waals surface area contributed by atoms with Crippen LogP contribution in [0.5, 0.6) is 0 Å². The van der Waals surface area contributed by atoms with Crippen LogP contribution in [0.2, 0.25) is 0 Å². The van der Waals surface area contributed by atoms with Crippen molar-refractivity contribution in [1.82, 2.24) is 4.90 Å². The molecule has 1 aliphatic carbocycles. The average Bonchev–Trinajstić information content (AvgIpc) is 3.12. The number of hydrogen-bond donors (Lipinski definition) is 0. The largest absolute Gasteiger partial charge is 0.379 e. The summed E-state index contributed by atoms with van der Waals surface area (Å²) in [5.41, 5.74) is 8.30. The first-order valence-electron chi connectivity index (χ1n) is 10.4. The molecule has 0 amide bonds. The Morgan fingerprint density at radius 1 is 0.690 bits per heavy atom. The van der Waals surface area contributed by atoms with Crippen molar-refractivity contribution in [3.63, 3.8) is 0 Å². The van der Waals surface area contributed by atoms with Gasteiger partial charge >= 0.3 is 0 Å². The second-order valence-corrected chi connectivity index (χ2v) is 7.94. The van der Waals surface area contributed by atoms with Gasteiger partial charge in [-0.2, -0.15) is 0 Å². The van der Waals surface area contributed by atoms with Crippen molar-refractivity contribution in [1.29, 1.82) is 0 Å². The molecular weight excluding hydrogens is 354 g/mol. The Morgan fingerprint density at radius 2 is 1.41 bits per heavy atom. The number of nitrogens with zero attached hydrogens (tertiary/aromatic N) is 1. The summed E-state index contributed by atoms with van der Waals surface area (Å²) >= 11 is 0. The lowest BCUT2D eigenvalue weighted by Gasteiger charge is -2.33. The van der Waals surface area contributed by atoms with Gasteiger partial charge in [0, 0.05) is 13.1 Å². The minimum absolute atomic E-state index is 0.303. The Morgan fingerprint density at radius 3 is 2.28 bits per heavy atom. The number of ether oxygens (including phenoxy) is 1. The van der Waals surface area contributed by atoms with Crippen molar-refractivity contribution in [2.24, 2.45) is 0 Å². The molecule has 4 aromatic carbocycles. The van der Waals surface area contributed by atoms with Crippen LogP contribution >= 0.6 is 0 Å².